The number of amides is 4. The molecule has 2 aromatic rings. The van der Waals surface area contributed by atoms with Crippen molar-refractivity contribution in [3.8, 4) is 0 Å². The lowest BCUT2D eigenvalue weighted by Crippen LogP contribution is -2.51. The van der Waals surface area contributed by atoms with Crippen LogP contribution >= 0.6 is 0 Å². The van der Waals surface area contributed by atoms with Crippen molar-refractivity contribution in [1.82, 2.24) is 9.80 Å². The van der Waals surface area contributed by atoms with Gasteiger partial charge in [-0.3, -0.25) is 9.59 Å². The van der Waals surface area contributed by atoms with Crippen LogP contribution in [0.3, 0.4) is 0 Å². The van der Waals surface area contributed by atoms with Crippen molar-refractivity contribution in [1.29, 1.82) is 0 Å². The Morgan fingerprint density at radius 1 is 0.848 bits per heavy atom. The van der Waals surface area contributed by atoms with Crippen LogP contribution in [0.4, 0.5) is 20.6 Å². The predicted octanol–water partition coefficient (Wildman–Crippen LogP) is 3.18. The number of hydrogen-bond acceptors (Lipinski definition) is 4. The van der Waals surface area contributed by atoms with Crippen LogP contribution in [-0.4, -0.2) is 67.0 Å². The summed E-state index contributed by atoms with van der Waals surface area (Å²) >= 11 is 0. The number of carbonyl (C=O) groups excluding carboxylic acids is 3. The van der Waals surface area contributed by atoms with Gasteiger partial charge in [-0.05, 0) is 55.3 Å². The van der Waals surface area contributed by atoms with Gasteiger partial charge in [-0.2, -0.15) is 0 Å². The molecule has 2 N–H and O–H groups in total. The molecule has 9 heteroatoms. The summed E-state index contributed by atoms with van der Waals surface area (Å²) in [7, 11) is 0. The Morgan fingerprint density at radius 3 is 2.09 bits per heavy atom. The van der Waals surface area contributed by atoms with E-state index in [1.54, 1.807) is 40.1 Å². The van der Waals surface area contributed by atoms with Crippen molar-refractivity contribution in [2.24, 2.45) is 5.92 Å². The highest BCUT2D eigenvalue weighted by atomic mass is 19.1. The molecule has 4 rings (SSSR count). The molecule has 2 aliphatic heterocycles. The lowest BCUT2D eigenvalue weighted by atomic mass is 9.99. The smallest absolute Gasteiger partial charge is 0.321 e. The molecule has 0 spiro atoms. The first kappa shape index (κ1) is 22.7. The number of ether oxygens (including phenoxy) is 1. The Kier molecular flexibility index (Phi) is 7.19. The number of hydrogen-bond donors (Lipinski definition) is 2. The second kappa shape index (κ2) is 10.4. The van der Waals surface area contributed by atoms with Gasteiger partial charge in [-0.25, -0.2) is 9.18 Å². The topological polar surface area (TPSA) is 91.0 Å². The van der Waals surface area contributed by atoms with Crippen LogP contribution in [0.15, 0.2) is 48.5 Å². The molecule has 2 saturated heterocycles. The van der Waals surface area contributed by atoms with Crippen molar-refractivity contribution in [3.05, 3.63) is 59.9 Å². The monoisotopic (exact) mass is 454 g/mol. The Bertz CT molecular complexity index is 1000. The number of nitrogens with zero attached hydrogens (tertiary/aromatic N) is 2. The average molecular weight is 455 g/mol. The van der Waals surface area contributed by atoms with Gasteiger partial charge >= 0.3 is 6.03 Å². The molecule has 4 amide bonds. The lowest BCUT2D eigenvalue weighted by molar-refractivity contribution is -0.122. The van der Waals surface area contributed by atoms with Crippen LogP contribution in [-0.2, 0) is 9.53 Å². The number of anilines is 2. The highest BCUT2D eigenvalue weighted by Gasteiger charge is 2.25. The van der Waals surface area contributed by atoms with Crippen molar-refractivity contribution in [3.63, 3.8) is 0 Å². The van der Waals surface area contributed by atoms with Gasteiger partial charge in [0.15, 0.2) is 0 Å². The van der Waals surface area contributed by atoms with E-state index in [4.69, 9.17) is 4.74 Å². The first-order chi connectivity index (χ1) is 16.0. The van der Waals surface area contributed by atoms with E-state index in [1.165, 1.54) is 18.2 Å². The molecule has 0 radical (unpaired) electrons. The summed E-state index contributed by atoms with van der Waals surface area (Å²) in [6.45, 7) is 2.73. The predicted molar refractivity (Wildman–Crippen MR) is 122 cm³/mol. The lowest BCUT2D eigenvalue weighted by Gasteiger charge is -2.34. The number of piperazine rings is 1. The maximum Gasteiger partial charge on any atom is 0.321 e. The third kappa shape index (κ3) is 5.87. The van der Waals surface area contributed by atoms with Crippen LogP contribution < -0.4 is 10.6 Å². The fourth-order valence-corrected chi connectivity index (χ4v) is 3.96. The van der Waals surface area contributed by atoms with Crippen LogP contribution in [0.5, 0.6) is 0 Å². The molecular formula is C24H27FN4O4. The van der Waals surface area contributed by atoms with Gasteiger partial charge in [-0.1, -0.05) is 6.07 Å². The number of halogens is 1. The van der Waals surface area contributed by atoms with E-state index < -0.39 is 5.82 Å². The van der Waals surface area contributed by atoms with Crippen LogP contribution in [0, 0.1) is 11.7 Å². The van der Waals surface area contributed by atoms with Gasteiger partial charge in [0.2, 0.25) is 5.91 Å². The first-order valence-corrected chi connectivity index (χ1v) is 11.1. The van der Waals surface area contributed by atoms with E-state index in [9.17, 15) is 18.8 Å². The summed E-state index contributed by atoms with van der Waals surface area (Å²) in [5.41, 5.74) is 1.59. The van der Waals surface area contributed by atoms with E-state index >= 15 is 0 Å². The van der Waals surface area contributed by atoms with E-state index in [0.29, 0.717) is 56.3 Å². The molecule has 0 bridgehead atoms. The standard InChI is InChI=1S/C24H27FN4O4/c25-19-3-1-2-18(16-19)23(31)28-10-12-29(13-11-28)24(32)27-21-6-4-20(5-7-21)26-22(30)17-8-14-33-15-9-17/h1-7,16-17H,8-15H2,(H,26,30)(H,27,32). The zero-order chi connectivity index (χ0) is 23.2. The number of benzene rings is 2. The van der Waals surface area contributed by atoms with Crippen molar-refractivity contribution in [2.75, 3.05) is 50.0 Å². The minimum atomic E-state index is -0.451. The molecule has 2 aliphatic rings. The van der Waals surface area contributed by atoms with Crippen molar-refractivity contribution >= 4 is 29.2 Å². The van der Waals surface area contributed by atoms with Gasteiger partial charge in [0, 0.05) is 62.2 Å². The van der Waals surface area contributed by atoms with E-state index in [1.807, 2.05) is 0 Å². The molecule has 0 aromatic heterocycles. The zero-order valence-electron chi connectivity index (χ0n) is 18.3. The van der Waals surface area contributed by atoms with Gasteiger partial charge in [0.25, 0.3) is 5.91 Å². The number of urea groups is 1. The highest BCUT2D eigenvalue weighted by Crippen LogP contribution is 2.19. The average Bonchev–Trinajstić information content (AvgIpc) is 2.85. The fraction of sp³-hybridized carbons (Fsp3) is 0.375. The number of rotatable bonds is 4. The Balaban J connectivity index is 1.25. The number of carbonyl (C=O) groups is 3. The third-order valence-electron chi connectivity index (χ3n) is 5.92. The van der Waals surface area contributed by atoms with Crippen molar-refractivity contribution < 1.29 is 23.5 Å². The second-order valence-corrected chi connectivity index (χ2v) is 8.17. The van der Waals surface area contributed by atoms with Crippen LogP contribution in [0.25, 0.3) is 0 Å². The van der Waals surface area contributed by atoms with Gasteiger partial charge in [-0.15, -0.1) is 0 Å². The minimum absolute atomic E-state index is 0.0132. The largest absolute Gasteiger partial charge is 0.381 e. The van der Waals surface area contributed by atoms with Gasteiger partial charge < -0.3 is 25.2 Å². The first-order valence-electron chi connectivity index (χ1n) is 11.1. The molecule has 0 saturated carbocycles. The summed E-state index contributed by atoms with van der Waals surface area (Å²) < 4.78 is 18.7. The summed E-state index contributed by atoms with van der Waals surface area (Å²) in [6.07, 6.45) is 1.45. The normalized spacial score (nSPS) is 16.9. The molecule has 2 fully saturated rings. The quantitative estimate of drug-likeness (QED) is 0.743. The molecule has 2 heterocycles. The fourth-order valence-electron chi connectivity index (χ4n) is 3.96. The molecule has 33 heavy (non-hydrogen) atoms. The molecule has 0 atom stereocenters. The molecule has 8 nitrogen and oxygen atoms in total. The van der Waals surface area contributed by atoms with Gasteiger partial charge in [0.1, 0.15) is 5.82 Å². The van der Waals surface area contributed by atoms with Crippen LogP contribution in [0.2, 0.25) is 0 Å². The summed E-state index contributed by atoms with van der Waals surface area (Å²) in [5.74, 6) is -0.744. The molecule has 0 aliphatic carbocycles. The number of nitrogens with one attached hydrogen (secondary N) is 2. The Hall–Kier alpha value is -3.46. The second-order valence-electron chi connectivity index (χ2n) is 8.17. The highest BCUT2D eigenvalue weighted by molar-refractivity contribution is 5.95. The summed E-state index contributed by atoms with van der Waals surface area (Å²) in [6, 6.07) is 12.3. The maximum absolute atomic E-state index is 13.4. The van der Waals surface area contributed by atoms with E-state index in [-0.39, 0.29) is 23.8 Å². The van der Waals surface area contributed by atoms with E-state index in [2.05, 4.69) is 10.6 Å². The Morgan fingerprint density at radius 2 is 1.45 bits per heavy atom. The molecule has 2 aromatic carbocycles. The minimum Gasteiger partial charge on any atom is -0.381 e. The van der Waals surface area contributed by atoms with E-state index in [0.717, 1.165) is 12.8 Å². The van der Waals surface area contributed by atoms with Crippen LogP contribution in [0.1, 0.15) is 23.2 Å². The molecule has 174 valence electrons. The summed E-state index contributed by atoms with van der Waals surface area (Å²) in [4.78, 5) is 40.7. The zero-order valence-corrected chi connectivity index (χ0v) is 18.3. The SMILES string of the molecule is O=C(Nc1ccc(NC(=O)N2CCN(C(=O)c3cccc(F)c3)CC2)cc1)C1CCOCC1. The molecule has 0 unspecified atom stereocenters. The summed E-state index contributed by atoms with van der Waals surface area (Å²) in [5, 5.41) is 5.75. The third-order valence-corrected chi connectivity index (χ3v) is 5.92. The molecular weight excluding hydrogens is 427 g/mol. The maximum atomic E-state index is 13.4. The Labute approximate surface area is 191 Å². The van der Waals surface area contributed by atoms with Crippen molar-refractivity contribution in [2.45, 2.75) is 12.8 Å². The van der Waals surface area contributed by atoms with Gasteiger partial charge in [0.05, 0.1) is 0 Å².